The maximum Gasteiger partial charge on any atom is 0.257 e. The zero-order valence-electron chi connectivity index (χ0n) is 16.5. The predicted octanol–water partition coefficient (Wildman–Crippen LogP) is 3.03. The molecule has 0 bridgehead atoms. The van der Waals surface area contributed by atoms with Crippen molar-refractivity contribution in [3.05, 3.63) is 71.4 Å². The highest BCUT2D eigenvalue weighted by Crippen LogP contribution is 2.28. The molecule has 1 amide bonds. The van der Waals surface area contributed by atoms with Gasteiger partial charge in [0.1, 0.15) is 5.69 Å². The average molecular weight is 410 g/mol. The molecular weight excluding hydrogens is 386 g/mol. The van der Waals surface area contributed by atoms with Gasteiger partial charge in [-0.25, -0.2) is 13.1 Å². The summed E-state index contributed by atoms with van der Waals surface area (Å²) in [5.41, 5.74) is 5.04. The molecule has 0 saturated carbocycles. The SMILES string of the molecule is Cc1ccc(-c2nn(-c3ccccc3)cc2C(=O)N2CCS(=O)(=O)CC2)c(C)c1. The molecule has 0 aliphatic carbocycles. The second-order valence-electron chi connectivity index (χ2n) is 7.43. The third kappa shape index (κ3) is 3.96. The summed E-state index contributed by atoms with van der Waals surface area (Å²) in [6.45, 7) is 4.46. The first-order valence-corrected chi connectivity index (χ1v) is 11.4. The number of hydrogen-bond acceptors (Lipinski definition) is 4. The zero-order valence-corrected chi connectivity index (χ0v) is 17.3. The van der Waals surface area contributed by atoms with Gasteiger partial charge in [-0.05, 0) is 31.5 Å². The molecule has 0 unspecified atom stereocenters. The van der Waals surface area contributed by atoms with E-state index in [0.29, 0.717) is 11.3 Å². The Morgan fingerprint density at radius 3 is 2.34 bits per heavy atom. The van der Waals surface area contributed by atoms with Crippen molar-refractivity contribution < 1.29 is 13.2 Å². The molecule has 0 radical (unpaired) electrons. The van der Waals surface area contributed by atoms with Crippen LogP contribution in [-0.4, -0.2) is 53.6 Å². The molecule has 3 aromatic rings. The van der Waals surface area contributed by atoms with E-state index in [9.17, 15) is 13.2 Å². The van der Waals surface area contributed by atoms with Gasteiger partial charge in [0.2, 0.25) is 0 Å². The van der Waals surface area contributed by atoms with E-state index in [1.807, 2.05) is 56.3 Å². The molecule has 150 valence electrons. The smallest absolute Gasteiger partial charge is 0.257 e. The number of carbonyl (C=O) groups is 1. The van der Waals surface area contributed by atoms with E-state index in [1.165, 1.54) is 0 Å². The van der Waals surface area contributed by atoms with Crippen LogP contribution in [0.1, 0.15) is 21.5 Å². The molecule has 1 aliphatic rings. The van der Waals surface area contributed by atoms with Crippen LogP contribution in [0.25, 0.3) is 16.9 Å². The molecule has 1 saturated heterocycles. The summed E-state index contributed by atoms with van der Waals surface area (Å²) >= 11 is 0. The van der Waals surface area contributed by atoms with Crippen molar-refractivity contribution in [1.82, 2.24) is 14.7 Å². The predicted molar refractivity (Wildman–Crippen MR) is 113 cm³/mol. The monoisotopic (exact) mass is 409 g/mol. The maximum absolute atomic E-state index is 13.3. The molecule has 0 atom stereocenters. The van der Waals surface area contributed by atoms with Gasteiger partial charge < -0.3 is 4.90 Å². The standard InChI is InChI=1S/C22H23N3O3S/c1-16-8-9-19(17(2)14-16)21-20(15-25(23-21)18-6-4-3-5-7-18)22(26)24-10-12-29(27,28)13-11-24/h3-9,14-15H,10-13H2,1-2H3. The molecule has 0 spiro atoms. The third-order valence-corrected chi connectivity index (χ3v) is 6.84. The summed E-state index contributed by atoms with van der Waals surface area (Å²) < 4.78 is 25.2. The molecule has 6 nitrogen and oxygen atoms in total. The van der Waals surface area contributed by atoms with Crippen molar-refractivity contribution >= 4 is 15.7 Å². The number of rotatable bonds is 3. The van der Waals surface area contributed by atoms with Gasteiger partial charge in [0.05, 0.1) is 22.8 Å². The second-order valence-corrected chi connectivity index (χ2v) is 9.74. The Balaban J connectivity index is 1.79. The van der Waals surface area contributed by atoms with E-state index in [2.05, 4.69) is 6.07 Å². The van der Waals surface area contributed by atoms with E-state index < -0.39 is 9.84 Å². The lowest BCUT2D eigenvalue weighted by atomic mass is 10.0. The highest BCUT2D eigenvalue weighted by molar-refractivity contribution is 7.91. The summed E-state index contributed by atoms with van der Waals surface area (Å²) in [7, 11) is -3.06. The fraction of sp³-hybridized carbons (Fsp3) is 0.273. The maximum atomic E-state index is 13.3. The fourth-order valence-corrected chi connectivity index (χ4v) is 4.81. The van der Waals surface area contributed by atoms with Crippen LogP contribution >= 0.6 is 0 Å². The fourth-order valence-electron chi connectivity index (χ4n) is 3.61. The third-order valence-electron chi connectivity index (χ3n) is 5.23. The van der Waals surface area contributed by atoms with Crippen LogP contribution in [0, 0.1) is 13.8 Å². The molecule has 2 aromatic carbocycles. The van der Waals surface area contributed by atoms with E-state index >= 15 is 0 Å². The van der Waals surface area contributed by atoms with Gasteiger partial charge >= 0.3 is 0 Å². The largest absolute Gasteiger partial charge is 0.336 e. The zero-order chi connectivity index (χ0) is 20.6. The molecule has 1 aromatic heterocycles. The van der Waals surface area contributed by atoms with E-state index in [0.717, 1.165) is 22.4 Å². The Morgan fingerprint density at radius 2 is 1.69 bits per heavy atom. The highest BCUT2D eigenvalue weighted by Gasteiger charge is 2.29. The van der Waals surface area contributed by atoms with E-state index in [1.54, 1.807) is 15.8 Å². The summed E-state index contributed by atoms with van der Waals surface area (Å²) in [5.74, 6) is -0.174. The average Bonchev–Trinajstić information content (AvgIpc) is 3.13. The lowest BCUT2D eigenvalue weighted by Gasteiger charge is -2.26. The Hall–Kier alpha value is -2.93. The van der Waals surface area contributed by atoms with Gasteiger partial charge in [-0.1, -0.05) is 42.0 Å². The van der Waals surface area contributed by atoms with Gasteiger partial charge in [-0.3, -0.25) is 4.79 Å². The Bertz CT molecular complexity index is 1150. The number of aromatic nitrogens is 2. The lowest BCUT2D eigenvalue weighted by molar-refractivity contribution is 0.0771. The van der Waals surface area contributed by atoms with Crippen molar-refractivity contribution in [3.8, 4) is 16.9 Å². The Morgan fingerprint density at radius 1 is 1.00 bits per heavy atom. The van der Waals surface area contributed by atoms with Crippen molar-refractivity contribution in [2.24, 2.45) is 0 Å². The number of aryl methyl sites for hydroxylation is 2. The first-order valence-electron chi connectivity index (χ1n) is 9.56. The Kier molecular flexibility index (Phi) is 5.00. The number of sulfone groups is 1. The number of hydrogen-bond donors (Lipinski definition) is 0. The molecule has 4 rings (SSSR count). The van der Waals surface area contributed by atoms with Crippen molar-refractivity contribution in [1.29, 1.82) is 0 Å². The van der Waals surface area contributed by atoms with Crippen molar-refractivity contribution in [2.75, 3.05) is 24.6 Å². The van der Waals surface area contributed by atoms with Crippen LogP contribution in [0.4, 0.5) is 0 Å². The number of nitrogens with zero attached hydrogens (tertiary/aromatic N) is 3. The minimum Gasteiger partial charge on any atom is -0.336 e. The van der Waals surface area contributed by atoms with Crippen LogP contribution in [-0.2, 0) is 9.84 Å². The number of benzene rings is 2. The van der Waals surface area contributed by atoms with Crippen LogP contribution in [0.15, 0.2) is 54.7 Å². The minimum atomic E-state index is -3.06. The van der Waals surface area contributed by atoms with Gasteiger partial charge in [0.25, 0.3) is 5.91 Å². The molecule has 0 N–H and O–H groups in total. The molecule has 7 heteroatoms. The summed E-state index contributed by atoms with van der Waals surface area (Å²) in [6, 6.07) is 15.7. The number of para-hydroxylation sites is 1. The molecule has 2 heterocycles. The van der Waals surface area contributed by atoms with Gasteiger partial charge in [-0.15, -0.1) is 0 Å². The summed E-state index contributed by atoms with van der Waals surface area (Å²) in [6.07, 6.45) is 1.75. The van der Waals surface area contributed by atoms with E-state index in [-0.39, 0.29) is 30.5 Å². The quantitative estimate of drug-likeness (QED) is 0.667. The van der Waals surface area contributed by atoms with Crippen LogP contribution in [0.3, 0.4) is 0 Å². The van der Waals surface area contributed by atoms with Gasteiger partial charge in [0, 0.05) is 24.8 Å². The van der Waals surface area contributed by atoms with Crippen molar-refractivity contribution in [3.63, 3.8) is 0 Å². The minimum absolute atomic E-state index is 0.00442. The van der Waals surface area contributed by atoms with Crippen LogP contribution in [0.2, 0.25) is 0 Å². The lowest BCUT2D eigenvalue weighted by Crippen LogP contribution is -2.43. The number of carbonyl (C=O) groups excluding carboxylic acids is 1. The first kappa shape index (κ1) is 19.4. The first-order chi connectivity index (χ1) is 13.8. The number of amides is 1. The molecular formula is C22H23N3O3S. The van der Waals surface area contributed by atoms with E-state index in [4.69, 9.17) is 5.10 Å². The van der Waals surface area contributed by atoms with Crippen LogP contribution in [0.5, 0.6) is 0 Å². The second kappa shape index (κ2) is 7.48. The Labute approximate surface area is 170 Å². The van der Waals surface area contributed by atoms with Crippen molar-refractivity contribution in [2.45, 2.75) is 13.8 Å². The normalized spacial score (nSPS) is 16.0. The molecule has 1 aliphatic heterocycles. The van der Waals surface area contributed by atoms with Gasteiger partial charge in [-0.2, -0.15) is 5.10 Å². The summed E-state index contributed by atoms with van der Waals surface area (Å²) in [4.78, 5) is 14.9. The highest BCUT2D eigenvalue weighted by atomic mass is 32.2. The molecule has 29 heavy (non-hydrogen) atoms. The summed E-state index contributed by atoms with van der Waals surface area (Å²) in [5, 5.41) is 4.74. The topological polar surface area (TPSA) is 72.3 Å². The van der Waals surface area contributed by atoms with Crippen LogP contribution < -0.4 is 0 Å². The van der Waals surface area contributed by atoms with Gasteiger partial charge in [0.15, 0.2) is 9.84 Å². The molecule has 1 fully saturated rings.